The maximum absolute atomic E-state index is 11.6. The van der Waals surface area contributed by atoms with Crippen molar-refractivity contribution in [3.8, 4) is 6.07 Å². The molecule has 21 heavy (non-hydrogen) atoms. The second kappa shape index (κ2) is 7.49. The van der Waals surface area contributed by atoms with Gasteiger partial charge in [-0.3, -0.25) is 4.79 Å². The molecule has 1 rings (SSSR count). The van der Waals surface area contributed by atoms with Gasteiger partial charge in [0.2, 0.25) is 0 Å². The van der Waals surface area contributed by atoms with Gasteiger partial charge >= 0.3 is 12.0 Å². The molecule has 0 heterocycles. The number of hydrogen-bond acceptors (Lipinski definition) is 5. The van der Waals surface area contributed by atoms with E-state index in [0.29, 0.717) is 11.3 Å². The third-order valence-corrected chi connectivity index (χ3v) is 2.33. The normalized spacial score (nSPS) is 10.9. The highest BCUT2D eigenvalue weighted by Gasteiger charge is 2.16. The number of nitriles is 1. The molecule has 0 aromatic heterocycles. The lowest BCUT2D eigenvalue weighted by Gasteiger charge is -2.11. The number of amides is 3. The average Bonchev–Trinajstić information content (AvgIpc) is 2.44. The largest absolute Gasteiger partial charge is 0.454 e. The summed E-state index contributed by atoms with van der Waals surface area (Å²) in [6, 6.07) is 6.40. The molecule has 0 aliphatic rings. The topological polar surface area (TPSA) is 134 Å². The summed E-state index contributed by atoms with van der Waals surface area (Å²) in [4.78, 5) is 33.5. The first-order valence-electron chi connectivity index (χ1n) is 5.95. The number of benzene rings is 1. The number of urea groups is 1. The summed E-state index contributed by atoms with van der Waals surface area (Å²) < 4.78 is 4.71. The Balaban J connectivity index is 2.45. The number of anilines is 1. The first-order chi connectivity index (χ1) is 9.92. The Hall–Kier alpha value is -3.08. The third-order valence-electron chi connectivity index (χ3n) is 2.33. The van der Waals surface area contributed by atoms with Crippen molar-refractivity contribution < 1.29 is 19.1 Å². The second-order valence-corrected chi connectivity index (χ2v) is 4.08. The average molecular weight is 290 g/mol. The van der Waals surface area contributed by atoms with Gasteiger partial charge in [-0.2, -0.15) is 5.26 Å². The van der Waals surface area contributed by atoms with Crippen molar-refractivity contribution >= 4 is 23.6 Å². The monoisotopic (exact) mass is 290 g/mol. The van der Waals surface area contributed by atoms with Crippen molar-refractivity contribution in [1.29, 1.82) is 5.26 Å². The van der Waals surface area contributed by atoms with Crippen LogP contribution in [0.1, 0.15) is 12.5 Å². The van der Waals surface area contributed by atoms with E-state index < -0.39 is 30.6 Å². The van der Waals surface area contributed by atoms with Gasteiger partial charge in [0.15, 0.2) is 6.61 Å². The third kappa shape index (κ3) is 5.61. The van der Waals surface area contributed by atoms with E-state index in [2.05, 4.69) is 10.6 Å². The predicted octanol–water partition coefficient (Wildman–Crippen LogP) is 0.0968. The van der Waals surface area contributed by atoms with Crippen LogP contribution in [0, 0.1) is 11.3 Å². The molecule has 3 amide bonds. The Kier molecular flexibility index (Phi) is 5.70. The molecule has 0 radical (unpaired) electrons. The minimum absolute atomic E-state index is 0.393. The van der Waals surface area contributed by atoms with Crippen molar-refractivity contribution in [1.82, 2.24) is 5.32 Å². The van der Waals surface area contributed by atoms with Gasteiger partial charge in [-0.25, -0.2) is 9.59 Å². The molecule has 1 unspecified atom stereocenters. The number of nitrogens with two attached hydrogens (primary N) is 1. The molecule has 110 valence electrons. The van der Waals surface area contributed by atoms with Crippen LogP contribution in [0.25, 0.3) is 0 Å². The summed E-state index contributed by atoms with van der Waals surface area (Å²) in [5.41, 5.74) is 5.66. The molecule has 0 bridgehead atoms. The molecule has 1 aromatic carbocycles. The molecule has 0 aliphatic carbocycles. The van der Waals surface area contributed by atoms with Crippen molar-refractivity contribution in [2.75, 3.05) is 11.9 Å². The fourth-order valence-corrected chi connectivity index (χ4v) is 1.40. The van der Waals surface area contributed by atoms with Crippen LogP contribution in [-0.2, 0) is 14.3 Å². The van der Waals surface area contributed by atoms with Gasteiger partial charge in [0.1, 0.15) is 6.04 Å². The summed E-state index contributed by atoms with van der Waals surface area (Å²) >= 11 is 0. The standard InChI is InChI=1S/C13H14N4O4/c1-8(16-13(15)20)12(19)21-7-11(18)17-10-4-2-3-9(5-10)6-14/h2-5,8H,7H2,1H3,(H,17,18)(H3,15,16,20). The van der Waals surface area contributed by atoms with Crippen LogP contribution in [0.2, 0.25) is 0 Å². The highest BCUT2D eigenvalue weighted by atomic mass is 16.5. The Morgan fingerprint density at radius 2 is 2.14 bits per heavy atom. The maximum Gasteiger partial charge on any atom is 0.328 e. The van der Waals surface area contributed by atoms with Gasteiger partial charge in [-0.1, -0.05) is 6.07 Å². The first kappa shape index (κ1) is 16.0. The van der Waals surface area contributed by atoms with E-state index in [1.807, 2.05) is 6.07 Å². The number of rotatable bonds is 5. The van der Waals surface area contributed by atoms with Gasteiger partial charge in [-0.05, 0) is 25.1 Å². The maximum atomic E-state index is 11.6. The van der Waals surface area contributed by atoms with Crippen LogP contribution < -0.4 is 16.4 Å². The molecule has 1 atom stereocenters. The van der Waals surface area contributed by atoms with E-state index in [9.17, 15) is 14.4 Å². The van der Waals surface area contributed by atoms with E-state index in [0.717, 1.165) is 0 Å². The van der Waals surface area contributed by atoms with Gasteiger partial charge in [-0.15, -0.1) is 0 Å². The van der Waals surface area contributed by atoms with Crippen molar-refractivity contribution in [3.05, 3.63) is 29.8 Å². The SMILES string of the molecule is CC(NC(N)=O)C(=O)OCC(=O)Nc1cccc(C#N)c1. The molecular weight excluding hydrogens is 276 g/mol. The number of nitrogens with zero attached hydrogens (tertiary/aromatic N) is 1. The van der Waals surface area contributed by atoms with Crippen molar-refractivity contribution in [2.45, 2.75) is 13.0 Å². The van der Waals surface area contributed by atoms with Crippen LogP contribution in [-0.4, -0.2) is 30.6 Å². The number of nitrogens with one attached hydrogen (secondary N) is 2. The van der Waals surface area contributed by atoms with Crippen molar-refractivity contribution in [3.63, 3.8) is 0 Å². The Labute approximate surface area is 120 Å². The van der Waals surface area contributed by atoms with Crippen LogP contribution in [0.4, 0.5) is 10.5 Å². The first-order valence-corrected chi connectivity index (χ1v) is 5.95. The summed E-state index contributed by atoms with van der Waals surface area (Å²) in [6.07, 6.45) is 0. The number of hydrogen-bond donors (Lipinski definition) is 3. The van der Waals surface area contributed by atoms with Gasteiger partial charge < -0.3 is 21.1 Å². The van der Waals surface area contributed by atoms with E-state index in [4.69, 9.17) is 15.7 Å². The Morgan fingerprint density at radius 3 is 2.76 bits per heavy atom. The molecule has 8 nitrogen and oxygen atoms in total. The van der Waals surface area contributed by atoms with E-state index in [1.54, 1.807) is 18.2 Å². The van der Waals surface area contributed by atoms with Crippen LogP contribution in [0.15, 0.2) is 24.3 Å². The molecule has 4 N–H and O–H groups in total. The molecule has 0 aliphatic heterocycles. The number of carbonyl (C=O) groups excluding carboxylic acids is 3. The minimum Gasteiger partial charge on any atom is -0.454 e. The van der Waals surface area contributed by atoms with E-state index in [-0.39, 0.29) is 0 Å². The smallest absolute Gasteiger partial charge is 0.328 e. The molecular formula is C13H14N4O4. The molecule has 8 heteroatoms. The number of carbonyl (C=O) groups is 3. The molecule has 0 spiro atoms. The van der Waals surface area contributed by atoms with Crippen LogP contribution >= 0.6 is 0 Å². The zero-order chi connectivity index (χ0) is 15.8. The zero-order valence-electron chi connectivity index (χ0n) is 11.3. The highest BCUT2D eigenvalue weighted by molar-refractivity contribution is 5.93. The lowest BCUT2D eigenvalue weighted by Crippen LogP contribution is -2.43. The fraction of sp³-hybridized carbons (Fsp3) is 0.231. The highest BCUT2D eigenvalue weighted by Crippen LogP contribution is 2.09. The van der Waals surface area contributed by atoms with E-state index >= 15 is 0 Å². The Bertz CT molecular complexity index is 594. The van der Waals surface area contributed by atoms with Gasteiger partial charge in [0, 0.05) is 5.69 Å². The molecule has 0 fully saturated rings. The quantitative estimate of drug-likeness (QED) is 0.661. The summed E-state index contributed by atoms with van der Waals surface area (Å²) in [5.74, 6) is -1.35. The van der Waals surface area contributed by atoms with Crippen LogP contribution in [0.5, 0.6) is 0 Å². The number of primary amides is 1. The summed E-state index contributed by atoms with van der Waals surface area (Å²) in [7, 11) is 0. The summed E-state index contributed by atoms with van der Waals surface area (Å²) in [6.45, 7) is 0.863. The summed E-state index contributed by atoms with van der Waals surface area (Å²) in [5, 5.41) is 13.3. The minimum atomic E-state index is -0.947. The lowest BCUT2D eigenvalue weighted by molar-refractivity contribution is -0.148. The van der Waals surface area contributed by atoms with Crippen molar-refractivity contribution in [2.24, 2.45) is 5.73 Å². The zero-order valence-corrected chi connectivity index (χ0v) is 11.3. The molecule has 0 saturated heterocycles. The lowest BCUT2D eigenvalue weighted by atomic mass is 10.2. The predicted molar refractivity (Wildman–Crippen MR) is 72.9 cm³/mol. The molecule has 1 aromatic rings. The van der Waals surface area contributed by atoms with Gasteiger partial charge in [0.05, 0.1) is 11.6 Å². The Morgan fingerprint density at radius 1 is 1.43 bits per heavy atom. The number of ether oxygens (including phenoxy) is 1. The fourth-order valence-electron chi connectivity index (χ4n) is 1.40. The number of esters is 1. The van der Waals surface area contributed by atoms with Crippen LogP contribution in [0.3, 0.4) is 0 Å². The molecule has 0 saturated carbocycles. The van der Waals surface area contributed by atoms with E-state index in [1.165, 1.54) is 13.0 Å². The second-order valence-electron chi connectivity index (χ2n) is 4.08. The van der Waals surface area contributed by atoms with Gasteiger partial charge in [0.25, 0.3) is 5.91 Å².